The minimum atomic E-state index is -1.25. The molecule has 0 radical (unpaired) electrons. The lowest BCUT2D eigenvalue weighted by Gasteiger charge is -2.25. The molecule has 2 aromatic carbocycles. The van der Waals surface area contributed by atoms with Crippen LogP contribution in [-0.2, 0) is 15.1 Å². The fourth-order valence-electron chi connectivity index (χ4n) is 3.05. The zero-order valence-electron chi connectivity index (χ0n) is 14.5. The highest BCUT2D eigenvalue weighted by Gasteiger charge is 2.51. The number of hydrogen-bond donors (Lipinski definition) is 2. The summed E-state index contributed by atoms with van der Waals surface area (Å²) in [6.07, 6.45) is 0.307. The summed E-state index contributed by atoms with van der Waals surface area (Å²) in [5.41, 5.74) is -0.423. The summed E-state index contributed by atoms with van der Waals surface area (Å²) in [6.45, 7) is 1.29. The predicted molar refractivity (Wildman–Crippen MR) is 98.7 cm³/mol. The van der Waals surface area contributed by atoms with Gasteiger partial charge in [0.05, 0.1) is 0 Å². The van der Waals surface area contributed by atoms with Crippen LogP contribution in [0.2, 0.25) is 5.02 Å². The smallest absolute Gasteiger partial charge is 0.324 e. The molecule has 27 heavy (non-hydrogen) atoms. The van der Waals surface area contributed by atoms with Crippen LogP contribution in [0.1, 0.15) is 18.9 Å². The third-order valence-corrected chi connectivity index (χ3v) is 4.71. The van der Waals surface area contributed by atoms with Gasteiger partial charge in [0, 0.05) is 10.7 Å². The van der Waals surface area contributed by atoms with Gasteiger partial charge in [-0.15, -0.1) is 0 Å². The van der Waals surface area contributed by atoms with Crippen molar-refractivity contribution >= 4 is 35.1 Å². The molecule has 1 heterocycles. The van der Waals surface area contributed by atoms with E-state index < -0.39 is 35.7 Å². The maximum absolute atomic E-state index is 13.2. The first kappa shape index (κ1) is 18.8. The maximum atomic E-state index is 13.2. The van der Waals surface area contributed by atoms with Gasteiger partial charge in [-0.3, -0.25) is 14.5 Å². The molecule has 1 fully saturated rings. The number of urea groups is 1. The number of hydrogen-bond acceptors (Lipinski definition) is 3. The van der Waals surface area contributed by atoms with Gasteiger partial charge in [0.1, 0.15) is 17.9 Å². The van der Waals surface area contributed by atoms with Crippen LogP contribution in [0, 0.1) is 5.82 Å². The summed E-state index contributed by atoms with van der Waals surface area (Å²) >= 11 is 5.90. The molecule has 1 saturated heterocycles. The number of amides is 4. The van der Waals surface area contributed by atoms with E-state index >= 15 is 0 Å². The molecule has 6 nitrogen and oxygen atoms in total. The molecule has 1 atom stereocenters. The first-order valence-corrected chi connectivity index (χ1v) is 8.69. The van der Waals surface area contributed by atoms with E-state index in [1.165, 1.54) is 18.2 Å². The third kappa shape index (κ3) is 3.64. The van der Waals surface area contributed by atoms with Crippen LogP contribution >= 0.6 is 11.6 Å². The molecule has 2 N–H and O–H groups in total. The average Bonchev–Trinajstić information content (AvgIpc) is 2.87. The molecular weight excluding hydrogens is 373 g/mol. The molecule has 140 valence electrons. The van der Waals surface area contributed by atoms with Crippen molar-refractivity contribution < 1.29 is 18.8 Å². The maximum Gasteiger partial charge on any atom is 0.325 e. The Bertz CT molecular complexity index is 903. The van der Waals surface area contributed by atoms with Crippen molar-refractivity contribution in [3.05, 3.63) is 64.9 Å². The fourth-order valence-corrected chi connectivity index (χ4v) is 3.18. The summed E-state index contributed by atoms with van der Waals surface area (Å²) < 4.78 is 13.2. The van der Waals surface area contributed by atoms with Gasteiger partial charge in [-0.2, -0.15) is 0 Å². The zero-order valence-corrected chi connectivity index (χ0v) is 15.2. The number of rotatable bonds is 5. The molecule has 0 bridgehead atoms. The van der Waals surface area contributed by atoms with Gasteiger partial charge in [0.25, 0.3) is 5.91 Å². The summed E-state index contributed by atoms with van der Waals surface area (Å²) in [7, 11) is 0. The molecule has 4 amide bonds. The summed E-state index contributed by atoms with van der Waals surface area (Å²) in [5.74, 6) is -1.63. The van der Waals surface area contributed by atoms with Gasteiger partial charge in [0.2, 0.25) is 5.91 Å². The Hall–Kier alpha value is -2.93. The van der Waals surface area contributed by atoms with Gasteiger partial charge < -0.3 is 10.6 Å². The zero-order chi connectivity index (χ0) is 19.6. The average molecular weight is 390 g/mol. The Morgan fingerprint density at radius 1 is 1.22 bits per heavy atom. The monoisotopic (exact) mass is 389 g/mol. The molecule has 0 saturated carbocycles. The van der Waals surface area contributed by atoms with Crippen molar-refractivity contribution in [2.24, 2.45) is 0 Å². The molecule has 0 aliphatic carbocycles. The fraction of sp³-hybridized carbons (Fsp3) is 0.211. The van der Waals surface area contributed by atoms with E-state index in [2.05, 4.69) is 10.6 Å². The lowest BCUT2D eigenvalue weighted by Crippen LogP contribution is -2.44. The van der Waals surface area contributed by atoms with E-state index in [4.69, 9.17) is 11.6 Å². The second kappa shape index (κ2) is 7.36. The minimum absolute atomic E-state index is 0.242. The van der Waals surface area contributed by atoms with E-state index in [-0.39, 0.29) is 5.69 Å². The van der Waals surface area contributed by atoms with Crippen molar-refractivity contribution in [1.29, 1.82) is 0 Å². The van der Waals surface area contributed by atoms with Crippen LogP contribution in [0.25, 0.3) is 0 Å². The summed E-state index contributed by atoms with van der Waals surface area (Å²) in [6, 6.07) is 11.3. The van der Waals surface area contributed by atoms with Crippen molar-refractivity contribution in [2.75, 3.05) is 11.9 Å². The number of benzene rings is 2. The summed E-state index contributed by atoms with van der Waals surface area (Å²) in [4.78, 5) is 38.4. The largest absolute Gasteiger partial charge is 0.325 e. The molecule has 0 aromatic heterocycles. The Morgan fingerprint density at radius 3 is 2.56 bits per heavy atom. The van der Waals surface area contributed by atoms with Crippen molar-refractivity contribution in [2.45, 2.75) is 18.9 Å². The van der Waals surface area contributed by atoms with E-state index in [1.54, 1.807) is 31.2 Å². The van der Waals surface area contributed by atoms with E-state index in [1.807, 2.05) is 0 Å². The second-order valence-electron chi connectivity index (χ2n) is 6.15. The van der Waals surface area contributed by atoms with E-state index in [9.17, 15) is 18.8 Å². The van der Waals surface area contributed by atoms with Crippen LogP contribution in [0.4, 0.5) is 14.9 Å². The molecule has 1 aliphatic heterocycles. The van der Waals surface area contributed by atoms with Gasteiger partial charge in [-0.25, -0.2) is 9.18 Å². The molecule has 1 aliphatic rings. The van der Waals surface area contributed by atoms with Crippen LogP contribution in [0.5, 0.6) is 0 Å². The molecular formula is C19H17ClFN3O3. The van der Waals surface area contributed by atoms with Gasteiger partial charge in [-0.05, 0) is 42.3 Å². The van der Waals surface area contributed by atoms with Gasteiger partial charge in [0.15, 0.2) is 0 Å². The first-order chi connectivity index (χ1) is 12.9. The lowest BCUT2D eigenvalue weighted by atomic mass is 9.87. The highest BCUT2D eigenvalue weighted by atomic mass is 35.5. The standard InChI is InChI=1S/C19H17ClFN3O3/c1-2-19(12-6-8-13(20)9-7-12)17(26)24(18(27)23-19)11-16(25)22-15-5-3-4-14(21)10-15/h3-10H,2,11H2,1H3,(H,22,25)(H,23,27)/t19-/m0/s1. The molecule has 0 unspecified atom stereocenters. The van der Waals surface area contributed by atoms with Crippen molar-refractivity contribution in [3.8, 4) is 0 Å². The van der Waals surface area contributed by atoms with Crippen LogP contribution in [-0.4, -0.2) is 29.3 Å². The van der Waals surface area contributed by atoms with Crippen LogP contribution < -0.4 is 10.6 Å². The Balaban J connectivity index is 1.78. The molecule has 2 aromatic rings. The molecule has 8 heteroatoms. The Morgan fingerprint density at radius 2 is 1.93 bits per heavy atom. The first-order valence-electron chi connectivity index (χ1n) is 8.31. The lowest BCUT2D eigenvalue weighted by molar-refractivity contribution is -0.134. The molecule has 0 spiro atoms. The van der Waals surface area contributed by atoms with Crippen molar-refractivity contribution in [1.82, 2.24) is 10.2 Å². The van der Waals surface area contributed by atoms with Gasteiger partial charge >= 0.3 is 6.03 Å². The normalized spacial score (nSPS) is 19.1. The van der Waals surface area contributed by atoms with E-state index in [0.717, 1.165) is 11.0 Å². The van der Waals surface area contributed by atoms with Crippen molar-refractivity contribution in [3.63, 3.8) is 0 Å². The van der Waals surface area contributed by atoms with E-state index in [0.29, 0.717) is 17.0 Å². The second-order valence-corrected chi connectivity index (χ2v) is 6.58. The topological polar surface area (TPSA) is 78.5 Å². The Kier molecular flexibility index (Phi) is 5.14. The number of nitrogens with zero attached hydrogens (tertiary/aromatic N) is 1. The number of nitrogens with one attached hydrogen (secondary N) is 2. The summed E-state index contributed by atoms with van der Waals surface area (Å²) in [5, 5.41) is 5.67. The number of anilines is 1. The number of carbonyl (C=O) groups is 3. The quantitative estimate of drug-likeness (QED) is 0.770. The highest BCUT2D eigenvalue weighted by Crippen LogP contribution is 2.33. The number of halogens is 2. The van der Waals surface area contributed by atoms with Crippen LogP contribution in [0.15, 0.2) is 48.5 Å². The number of imide groups is 1. The third-order valence-electron chi connectivity index (χ3n) is 4.45. The molecule has 3 rings (SSSR count). The minimum Gasteiger partial charge on any atom is -0.324 e. The number of carbonyl (C=O) groups excluding carboxylic acids is 3. The highest BCUT2D eigenvalue weighted by molar-refractivity contribution is 6.30. The Labute approximate surface area is 160 Å². The van der Waals surface area contributed by atoms with Gasteiger partial charge in [-0.1, -0.05) is 36.7 Å². The SMILES string of the molecule is CC[C@@]1(c2ccc(Cl)cc2)NC(=O)N(CC(=O)Nc2cccc(F)c2)C1=O. The predicted octanol–water partition coefficient (Wildman–Crippen LogP) is 3.27. The van der Waals surface area contributed by atoms with Crippen LogP contribution in [0.3, 0.4) is 0 Å².